The summed E-state index contributed by atoms with van der Waals surface area (Å²) in [4.78, 5) is 10.4. The Balaban J connectivity index is 0. The van der Waals surface area contributed by atoms with E-state index in [1.165, 1.54) is 5.32 Å². The predicted molar refractivity (Wildman–Crippen MR) is 43.1 cm³/mol. The van der Waals surface area contributed by atoms with Crippen LogP contribution in [0.1, 0.15) is 0 Å². The maximum absolute atomic E-state index is 11.7. The fourth-order valence-electron chi connectivity index (χ4n) is 0.798. The molecular weight excluding hydrogens is 237 g/mol. The Morgan fingerprint density at radius 1 is 1.40 bits per heavy atom. The number of carbonyl (C=O) groups is 1. The lowest BCUT2D eigenvalue weighted by Gasteiger charge is -2.27. The zero-order valence-electron chi connectivity index (χ0n) is 8.60. The third-order valence-corrected chi connectivity index (χ3v) is 1.28. The molecule has 8 heteroatoms. The lowest BCUT2D eigenvalue weighted by Crippen LogP contribution is -3.00. The average Bonchev–Trinajstić information content (AvgIpc) is 1.79. The lowest BCUT2D eigenvalue weighted by atomic mass is 10.4. The van der Waals surface area contributed by atoms with E-state index in [9.17, 15) is 18.0 Å². The Labute approximate surface area is 92.1 Å². The smallest absolute Gasteiger partial charge is 0.471 e. The van der Waals surface area contributed by atoms with E-state index < -0.39 is 18.3 Å². The third kappa shape index (κ3) is 8.46. The summed E-state index contributed by atoms with van der Waals surface area (Å²) in [6.45, 7) is 0.00181. The molecule has 0 aromatic rings. The van der Waals surface area contributed by atoms with Crippen LogP contribution in [0.25, 0.3) is 0 Å². The van der Waals surface area contributed by atoms with Gasteiger partial charge < -0.3 is 27.3 Å². The second-order valence-electron chi connectivity index (χ2n) is 3.96. The maximum atomic E-state index is 11.7. The van der Waals surface area contributed by atoms with Gasteiger partial charge in [0.25, 0.3) is 0 Å². The van der Waals surface area contributed by atoms with Crippen molar-refractivity contribution in [1.82, 2.24) is 5.32 Å². The number of rotatable bonds is 3. The first-order chi connectivity index (χ1) is 6.02. The molecule has 1 amide bonds. The lowest BCUT2D eigenvalue weighted by molar-refractivity contribution is -0.873. The second-order valence-corrected chi connectivity index (χ2v) is 3.96. The molecule has 2 N–H and O–H groups in total. The van der Waals surface area contributed by atoms with Crippen molar-refractivity contribution in [2.24, 2.45) is 0 Å². The molecular formula is C7H14ClF3N2O2. The zero-order chi connectivity index (χ0) is 11.6. The van der Waals surface area contributed by atoms with Gasteiger partial charge in [-0.15, -0.1) is 0 Å². The Hall–Kier alpha value is -0.530. The molecule has 0 rings (SSSR count). The Kier molecular flexibility index (Phi) is 6.22. The van der Waals surface area contributed by atoms with E-state index >= 15 is 0 Å². The zero-order valence-corrected chi connectivity index (χ0v) is 9.35. The summed E-state index contributed by atoms with van der Waals surface area (Å²) in [5, 5.41) is 10.5. The fourth-order valence-corrected chi connectivity index (χ4v) is 0.798. The van der Waals surface area contributed by atoms with Gasteiger partial charge in [-0.05, 0) is 0 Å². The van der Waals surface area contributed by atoms with E-state index in [4.69, 9.17) is 5.11 Å². The van der Waals surface area contributed by atoms with Crippen molar-refractivity contribution >= 4 is 5.91 Å². The van der Waals surface area contributed by atoms with E-state index in [1.54, 1.807) is 21.1 Å². The normalized spacial score (nSPS) is 14.1. The van der Waals surface area contributed by atoms with Crippen LogP contribution < -0.4 is 17.7 Å². The topological polar surface area (TPSA) is 49.3 Å². The van der Waals surface area contributed by atoms with E-state index in [2.05, 4.69) is 0 Å². The number of amides is 1. The summed E-state index contributed by atoms with van der Waals surface area (Å²) in [5.74, 6) is -2.13. The monoisotopic (exact) mass is 250 g/mol. The van der Waals surface area contributed by atoms with Crippen LogP contribution in [0.4, 0.5) is 13.2 Å². The average molecular weight is 251 g/mol. The molecule has 0 aliphatic heterocycles. The highest BCUT2D eigenvalue weighted by Gasteiger charge is 2.40. The number of carbonyl (C=O) groups excluding carboxylic acids is 1. The summed E-state index contributed by atoms with van der Waals surface area (Å²) in [6, 6.07) is 0. The Bertz CT molecular complexity index is 215. The van der Waals surface area contributed by atoms with Gasteiger partial charge in [-0.25, -0.2) is 0 Å². The molecule has 0 spiro atoms. The minimum atomic E-state index is -4.95. The first-order valence-electron chi connectivity index (χ1n) is 3.88. The number of alkyl halides is 3. The molecule has 0 saturated heterocycles. The molecule has 1 unspecified atom stereocenters. The van der Waals surface area contributed by atoms with Crippen molar-refractivity contribution in [2.45, 2.75) is 12.4 Å². The molecule has 15 heavy (non-hydrogen) atoms. The van der Waals surface area contributed by atoms with Crippen molar-refractivity contribution in [3.8, 4) is 0 Å². The summed E-state index contributed by atoms with van der Waals surface area (Å²) >= 11 is 0. The number of aliphatic hydroxyl groups is 1. The van der Waals surface area contributed by atoms with Gasteiger partial charge in [0.2, 0.25) is 0 Å². The molecule has 0 aromatic carbocycles. The van der Waals surface area contributed by atoms with Crippen LogP contribution in [0, 0.1) is 0 Å². The van der Waals surface area contributed by atoms with Gasteiger partial charge in [0.1, 0.15) is 6.54 Å². The van der Waals surface area contributed by atoms with Crippen LogP contribution in [-0.4, -0.2) is 55.6 Å². The number of halogens is 4. The van der Waals surface area contributed by atoms with Gasteiger partial charge in [0.15, 0.2) is 6.23 Å². The van der Waals surface area contributed by atoms with E-state index in [0.717, 1.165) is 0 Å². The van der Waals surface area contributed by atoms with Crippen molar-refractivity contribution in [3.05, 3.63) is 0 Å². The Morgan fingerprint density at radius 3 is 2.07 bits per heavy atom. The Morgan fingerprint density at radius 2 is 1.80 bits per heavy atom. The minimum Gasteiger partial charge on any atom is -1.00 e. The van der Waals surface area contributed by atoms with Crippen LogP contribution in [0.15, 0.2) is 0 Å². The standard InChI is InChI=1S/C7H13F3N2O2.ClH/c1-12(2,3)4-5(13)11-6(14)7(8,9)10;/h5,13H,4H2,1-3H3;1H. The van der Waals surface area contributed by atoms with E-state index in [0.29, 0.717) is 0 Å². The van der Waals surface area contributed by atoms with Crippen LogP contribution in [-0.2, 0) is 4.79 Å². The number of quaternary nitrogens is 1. The molecule has 0 bridgehead atoms. The number of hydrogen-bond acceptors (Lipinski definition) is 2. The van der Waals surface area contributed by atoms with Crippen molar-refractivity contribution in [2.75, 3.05) is 27.7 Å². The van der Waals surface area contributed by atoms with E-state index in [1.807, 2.05) is 0 Å². The molecule has 0 aromatic heterocycles. The summed E-state index contributed by atoms with van der Waals surface area (Å²) < 4.78 is 35.4. The number of nitrogens with one attached hydrogen (secondary N) is 1. The molecule has 1 atom stereocenters. The van der Waals surface area contributed by atoms with E-state index in [-0.39, 0.29) is 23.4 Å². The van der Waals surface area contributed by atoms with Crippen LogP contribution in [0.3, 0.4) is 0 Å². The predicted octanol–water partition coefficient (Wildman–Crippen LogP) is -3.31. The molecule has 0 radical (unpaired) electrons. The fraction of sp³-hybridized carbons (Fsp3) is 0.857. The first kappa shape index (κ1) is 16.9. The quantitative estimate of drug-likeness (QED) is 0.407. The number of hydrogen-bond donors (Lipinski definition) is 2. The molecule has 0 heterocycles. The third-order valence-electron chi connectivity index (χ3n) is 1.28. The van der Waals surface area contributed by atoms with Crippen molar-refractivity contribution in [3.63, 3.8) is 0 Å². The van der Waals surface area contributed by atoms with Gasteiger partial charge in [-0.1, -0.05) is 0 Å². The molecule has 0 aliphatic carbocycles. The molecule has 0 aliphatic rings. The highest BCUT2D eigenvalue weighted by atomic mass is 35.5. The van der Waals surface area contributed by atoms with Crippen LogP contribution in [0.2, 0.25) is 0 Å². The van der Waals surface area contributed by atoms with Crippen molar-refractivity contribution in [1.29, 1.82) is 0 Å². The van der Waals surface area contributed by atoms with Crippen molar-refractivity contribution < 1.29 is 40.0 Å². The summed E-state index contributed by atoms with van der Waals surface area (Å²) in [5.41, 5.74) is 0. The van der Waals surface area contributed by atoms with Gasteiger partial charge in [0.05, 0.1) is 21.1 Å². The van der Waals surface area contributed by atoms with Gasteiger partial charge in [0, 0.05) is 0 Å². The van der Waals surface area contributed by atoms with Gasteiger partial charge in [-0.2, -0.15) is 13.2 Å². The number of aliphatic hydroxyl groups excluding tert-OH is 1. The molecule has 0 saturated carbocycles. The SMILES string of the molecule is C[N+](C)(C)CC(O)NC(=O)C(F)(F)F.[Cl-]. The highest BCUT2D eigenvalue weighted by Crippen LogP contribution is 2.14. The maximum Gasteiger partial charge on any atom is 0.471 e. The van der Waals surface area contributed by atoms with Gasteiger partial charge >= 0.3 is 12.1 Å². The molecule has 4 nitrogen and oxygen atoms in total. The first-order valence-corrected chi connectivity index (χ1v) is 3.88. The highest BCUT2D eigenvalue weighted by molar-refractivity contribution is 5.81. The second kappa shape index (κ2) is 5.53. The molecule has 92 valence electrons. The summed E-state index contributed by atoms with van der Waals surface area (Å²) in [7, 11) is 5.05. The minimum absolute atomic E-state index is 0. The molecule has 0 fully saturated rings. The number of nitrogens with zero attached hydrogens (tertiary/aromatic N) is 1. The number of likely N-dealkylation sites (N-methyl/N-ethyl adjacent to an activating group) is 1. The van der Waals surface area contributed by atoms with Crippen LogP contribution in [0.5, 0.6) is 0 Å². The summed E-state index contributed by atoms with van der Waals surface area (Å²) in [6.07, 6.45) is -6.45. The van der Waals surface area contributed by atoms with Crippen LogP contribution >= 0.6 is 0 Å². The van der Waals surface area contributed by atoms with Gasteiger partial charge in [-0.3, -0.25) is 4.79 Å². The largest absolute Gasteiger partial charge is 1.00 e.